The fourth-order valence-corrected chi connectivity index (χ4v) is 2.61. The Morgan fingerprint density at radius 2 is 1.08 bits per heavy atom. The van der Waals surface area contributed by atoms with Crippen LogP contribution in [-0.2, 0) is 28.6 Å². The molecule has 12 nitrogen and oxygen atoms in total. The first kappa shape index (κ1) is 33.4. The third-order valence-electron chi connectivity index (χ3n) is 4.25. The normalized spacial score (nSPS) is 13.8. The van der Waals surface area contributed by atoms with Gasteiger partial charge in [-0.1, -0.05) is 0 Å². The lowest BCUT2D eigenvalue weighted by atomic mass is 10.1. The van der Waals surface area contributed by atoms with E-state index in [2.05, 4.69) is 20.7 Å². The molecule has 37 heavy (non-hydrogen) atoms. The first-order chi connectivity index (χ1) is 17.6. The molecule has 0 aromatic carbocycles. The summed E-state index contributed by atoms with van der Waals surface area (Å²) in [6.07, 6.45) is 8.08. The van der Waals surface area contributed by atoms with Gasteiger partial charge >= 0.3 is 17.9 Å². The van der Waals surface area contributed by atoms with Gasteiger partial charge in [-0.05, 0) is 39.3 Å². The molecule has 0 unspecified atom stereocenters. The van der Waals surface area contributed by atoms with E-state index in [1.807, 2.05) is 0 Å². The maximum absolute atomic E-state index is 11.9. The average molecular weight is 526 g/mol. The summed E-state index contributed by atoms with van der Waals surface area (Å²) in [6.45, 7) is 6.24. The summed E-state index contributed by atoms with van der Waals surface area (Å²) < 4.78 is 14.9. The molecule has 0 fully saturated rings. The monoisotopic (exact) mass is 525 g/mol. The van der Waals surface area contributed by atoms with Crippen molar-refractivity contribution in [3.8, 4) is 0 Å². The second-order valence-electron chi connectivity index (χ2n) is 7.55. The molecule has 6 N–H and O–H groups in total. The Morgan fingerprint density at radius 1 is 0.730 bits per heavy atom. The van der Waals surface area contributed by atoms with Gasteiger partial charge in [-0.25, -0.2) is 14.4 Å². The molecule has 0 aliphatic heterocycles. The van der Waals surface area contributed by atoms with Crippen molar-refractivity contribution in [1.29, 1.82) is 0 Å². The molecule has 0 aromatic rings. The second kappa shape index (κ2) is 20.6. The molecule has 0 radical (unpaired) electrons. The number of aliphatic hydroxyl groups is 3. The average Bonchev–Trinajstić information content (AvgIpc) is 2.85. The molecular formula is C25H39N3O9. The number of ether oxygens (including phenoxy) is 3. The SMILES string of the molecule is C/C(=C/C(=O)OC1=CCC=C(OC(=O)/C=C(/C)NCCO)C1)NCCO.COC(=O)/C=C(/C)NCCO. The Morgan fingerprint density at radius 3 is 1.41 bits per heavy atom. The molecule has 0 bridgehead atoms. The molecule has 0 saturated heterocycles. The summed E-state index contributed by atoms with van der Waals surface area (Å²) in [5.74, 6) is -0.671. The van der Waals surface area contributed by atoms with Crippen LogP contribution in [0.4, 0.5) is 0 Å². The van der Waals surface area contributed by atoms with E-state index in [4.69, 9.17) is 24.8 Å². The van der Waals surface area contributed by atoms with Gasteiger partial charge in [-0.2, -0.15) is 0 Å². The van der Waals surface area contributed by atoms with Crippen LogP contribution in [0.15, 0.2) is 59.0 Å². The van der Waals surface area contributed by atoms with Gasteiger partial charge in [0.2, 0.25) is 0 Å². The van der Waals surface area contributed by atoms with Gasteiger partial charge in [0.1, 0.15) is 11.5 Å². The largest absolute Gasteiger partial charge is 0.466 e. The number of aliphatic hydroxyl groups excluding tert-OH is 3. The molecule has 1 rings (SSSR count). The molecule has 0 spiro atoms. The van der Waals surface area contributed by atoms with Crippen LogP contribution in [0.1, 0.15) is 33.6 Å². The highest BCUT2D eigenvalue weighted by Crippen LogP contribution is 2.21. The van der Waals surface area contributed by atoms with Gasteiger partial charge in [0.15, 0.2) is 0 Å². The highest BCUT2D eigenvalue weighted by molar-refractivity contribution is 5.84. The number of methoxy groups -OCH3 is 1. The fraction of sp³-hybridized carbons (Fsp3) is 0.480. The minimum atomic E-state index is -0.546. The summed E-state index contributed by atoms with van der Waals surface area (Å²) in [5, 5.41) is 34.4. The number of allylic oxidation sites excluding steroid dienone is 5. The topological polar surface area (TPSA) is 176 Å². The van der Waals surface area contributed by atoms with Crippen LogP contribution < -0.4 is 16.0 Å². The molecular weight excluding hydrogens is 486 g/mol. The first-order valence-corrected chi connectivity index (χ1v) is 11.6. The van der Waals surface area contributed by atoms with E-state index in [1.165, 1.54) is 25.3 Å². The van der Waals surface area contributed by atoms with Crippen molar-refractivity contribution >= 4 is 17.9 Å². The molecule has 0 heterocycles. The smallest absolute Gasteiger partial charge is 0.337 e. The number of esters is 3. The van der Waals surface area contributed by atoms with Crippen molar-refractivity contribution in [3.63, 3.8) is 0 Å². The summed E-state index contributed by atoms with van der Waals surface area (Å²) in [5.41, 5.74) is 1.85. The Labute approximate surface area is 217 Å². The molecule has 0 amide bonds. The van der Waals surface area contributed by atoms with Gasteiger partial charge < -0.3 is 45.5 Å². The van der Waals surface area contributed by atoms with E-state index in [9.17, 15) is 14.4 Å². The van der Waals surface area contributed by atoms with Crippen molar-refractivity contribution in [3.05, 3.63) is 59.0 Å². The quantitative estimate of drug-likeness (QED) is 0.104. The zero-order valence-electron chi connectivity index (χ0n) is 21.8. The number of hydrogen-bond donors (Lipinski definition) is 6. The number of hydrogen-bond acceptors (Lipinski definition) is 12. The van der Waals surface area contributed by atoms with E-state index in [0.717, 1.165) is 0 Å². The third-order valence-corrected chi connectivity index (χ3v) is 4.25. The van der Waals surface area contributed by atoms with Crippen LogP contribution in [0.25, 0.3) is 0 Å². The van der Waals surface area contributed by atoms with Gasteiger partial charge in [-0.15, -0.1) is 0 Å². The summed E-state index contributed by atoms with van der Waals surface area (Å²) >= 11 is 0. The lowest BCUT2D eigenvalue weighted by Gasteiger charge is -2.14. The fourth-order valence-electron chi connectivity index (χ4n) is 2.61. The summed E-state index contributed by atoms with van der Waals surface area (Å²) in [7, 11) is 1.32. The molecule has 1 aliphatic rings. The first-order valence-electron chi connectivity index (χ1n) is 11.6. The third kappa shape index (κ3) is 18.3. The molecule has 208 valence electrons. The Balaban J connectivity index is 0.000000989. The minimum Gasteiger partial charge on any atom is -0.466 e. The molecule has 0 aromatic heterocycles. The van der Waals surface area contributed by atoms with E-state index in [-0.39, 0.29) is 26.2 Å². The van der Waals surface area contributed by atoms with Gasteiger partial charge in [0.25, 0.3) is 0 Å². The van der Waals surface area contributed by atoms with Crippen LogP contribution in [0.5, 0.6) is 0 Å². The van der Waals surface area contributed by atoms with Crippen molar-refractivity contribution in [1.82, 2.24) is 16.0 Å². The maximum atomic E-state index is 11.9. The van der Waals surface area contributed by atoms with E-state index >= 15 is 0 Å². The van der Waals surface area contributed by atoms with Crippen LogP contribution in [0.3, 0.4) is 0 Å². The van der Waals surface area contributed by atoms with Crippen LogP contribution >= 0.6 is 0 Å². The van der Waals surface area contributed by atoms with Crippen molar-refractivity contribution in [2.24, 2.45) is 0 Å². The van der Waals surface area contributed by atoms with Crippen molar-refractivity contribution in [2.45, 2.75) is 33.6 Å². The molecule has 0 saturated carbocycles. The minimum absolute atomic E-state index is 0.0334. The number of carbonyl (C=O) groups excluding carboxylic acids is 3. The van der Waals surface area contributed by atoms with Crippen LogP contribution in [0.2, 0.25) is 0 Å². The zero-order valence-corrected chi connectivity index (χ0v) is 21.8. The van der Waals surface area contributed by atoms with Crippen molar-refractivity contribution in [2.75, 3.05) is 46.6 Å². The number of rotatable bonds is 14. The van der Waals surface area contributed by atoms with Crippen LogP contribution in [0, 0.1) is 0 Å². The van der Waals surface area contributed by atoms with E-state index in [0.29, 0.717) is 54.7 Å². The van der Waals surface area contributed by atoms with Crippen LogP contribution in [-0.4, -0.2) is 79.8 Å². The lowest BCUT2D eigenvalue weighted by Crippen LogP contribution is -2.18. The molecule has 12 heteroatoms. The number of nitrogens with one attached hydrogen (secondary N) is 3. The highest BCUT2D eigenvalue weighted by Gasteiger charge is 2.15. The van der Waals surface area contributed by atoms with Gasteiger partial charge in [-0.3, -0.25) is 0 Å². The van der Waals surface area contributed by atoms with Crippen molar-refractivity contribution < 1.29 is 43.9 Å². The molecule has 1 aliphatic carbocycles. The maximum Gasteiger partial charge on any atom is 0.337 e. The predicted octanol–water partition coefficient (Wildman–Crippen LogP) is 0.251. The Bertz CT molecular complexity index is 838. The summed E-state index contributed by atoms with van der Waals surface area (Å²) in [6, 6.07) is 0. The summed E-state index contributed by atoms with van der Waals surface area (Å²) in [4.78, 5) is 34.3. The zero-order chi connectivity index (χ0) is 28.1. The highest BCUT2D eigenvalue weighted by atomic mass is 16.6. The Hall–Kier alpha value is -3.61. The van der Waals surface area contributed by atoms with Gasteiger partial charge in [0, 0.05) is 55.0 Å². The van der Waals surface area contributed by atoms with E-state index < -0.39 is 17.9 Å². The van der Waals surface area contributed by atoms with E-state index in [1.54, 1.807) is 32.9 Å². The molecule has 0 atom stereocenters. The lowest BCUT2D eigenvalue weighted by molar-refractivity contribution is -0.136. The van der Waals surface area contributed by atoms with Gasteiger partial charge in [0.05, 0.1) is 33.4 Å². The second-order valence-corrected chi connectivity index (χ2v) is 7.55. The number of carbonyl (C=O) groups is 3. The predicted molar refractivity (Wildman–Crippen MR) is 136 cm³/mol. The Kier molecular flexibility index (Phi) is 18.6. The standard InChI is InChI=1S/C18H26N2O6.C7H13NO3/c1-13(19-6-8-21)10-17(23)25-15-4-3-5-16(12-15)26-18(24)11-14(2)20-7-9-22;1-6(8-3-4-9)5-7(10)11-2/h4-5,10-11,19-22H,3,6-9,12H2,1-2H3;5,8-9H,3-4H2,1-2H3/b13-10-,14-11-;6-5-.